The zero-order chi connectivity index (χ0) is 18.3. The Labute approximate surface area is 156 Å². The molecule has 0 radical (unpaired) electrons. The van der Waals surface area contributed by atoms with E-state index < -0.39 is 23.3 Å². The number of carbonyl (C=O) groups excluding carboxylic acids is 2. The third-order valence-electron chi connectivity index (χ3n) is 2.47. The van der Waals surface area contributed by atoms with Gasteiger partial charge < -0.3 is 0 Å². The molecule has 10 heteroatoms. The van der Waals surface area contributed by atoms with Gasteiger partial charge in [0.1, 0.15) is 0 Å². The van der Waals surface area contributed by atoms with Crippen molar-refractivity contribution in [3.63, 3.8) is 0 Å². The van der Waals surface area contributed by atoms with Crippen LogP contribution in [0.4, 0.5) is 28.9 Å². The minimum absolute atomic E-state index is 0.147. The van der Waals surface area contributed by atoms with Crippen LogP contribution in [-0.4, -0.2) is 12.2 Å². The average molecular weight is 404 g/mol. The van der Waals surface area contributed by atoms with Crippen molar-refractivity contribution in [3.8, 4) is 0 Å². The number of hydrogen-bond donors (Lipinski definition) is 0. The van der Waals surface area contributed by atoms with E-state index in [0.717, 1.165) is 24.3 Å². The Bertz CT molecular complexity index is 793. The van der Waals surface area contributed by atoms with Gasteiger partial charge in [0, 0.05) is 0 Å². The normalized spacial score (nSPS) is 9.08. The Balaban J connectivity index is 0.000000240. The fraction of sp³-hybridized carbons (Fsp3) is 0. The third-order valence-corrected chi connectivity index (χ3v) is 3.91. The summed E-state index contributed by atoms with van der Waals surface area (Å²) in [4.78, 5) is 25.7. The molecule has 0 aliphatic rings. The summed E-state index contributed by atoms with van der Waals surface area (Å²) in [6.07, 6.45) is 2.37. The van der Waals surface area contributed by atoms with E-state index in [1.54, 1.807) is 0 Å². The number of hydrogen-bond acceptors (Lipinski definition) is 4. The molecule has 0 saturated heterocycles. The van der Waals surface area contributed by atoms with E-state index in [2.05, 4.69) is 9.98 Å². The standard InChI is InChI=1S/2C7H2F2NO.2Ti/c2*8-5-1-2-7(10-4-11)6(9)3-5;;/h2*1-2H;;. The van der Waals surface area contributed by atoms with Gasteiger partial charge in [-0.3, -0.25) is 0 Å². The van der Waals surface area contributed by atoms with Crippen LogP contribution in [0.2, 0.25) is 0 Å². The molecule has 0 N–H and O–H groups in total. The van der Waals surface area contributed by atoms with Gasteiger partial charge in [-0.25, -0.2) is 0 Å². The van der Waals surface area contributed by atoms with Gasteiger partial charge in [-0.2, -0.15) is 0 Å². The van der Waals surface area contributed by atoms with Crippen LogP contribution >= 0.6 is 0 Å². The summed E-state index contributed by atoms with van der Waals surface area (Å²) in [5.41, 5.74) is -0.382. The molecule has 0 fully saturated rings. The predicted octanol–water partition coefficient (Wildman–Crippen LogP) is 2.21. The first-order chi connectivity index (χ1) is 11.3. The number of aliphatic imine (C=N–C) groups is 2. The van der Waals surface area contributed by atoms with Crippen LogP contribution in [0.3, 0.4) is 0 Å². The molecular formula is C14H4F4N2O2Ti2. The van der Waals surface area contributed by atoms with Crippen molar-refractivity contribution in [1.82, 2.24) is 0 Å². The quantitative estimate of drug-likeness (QED) is 0.334. The minimum atomic E-state index is -0.821. The van der Waals surface area contributed by atoms with Crippen LogP contribution in [0.15, 0.2) is 34.3 Å². The van der Waals surface area contributed by atoms with Gasteiger partial charge in [0.15, 0.2) is 0 Å². The molecule has 0 atom stereocenters. The molecule has 0 heterocycles. The van der Waals surface area contributed by atoms with Crippen molar-refractivity contribution in [3.05, 3.63) is 47.5 Å². The van der Waals surface area contributed by atoms with Gasteiger partial charge in [-0.15, -0.1) is 0 Å². The molecule has 2 aromatic carbocycles. The Morgan fingerprint density at radius 2 is 1.04 bits per heavy atom. The number of rotatable bonds is 2. The van der Waals surface area contributed by atoms with Crippen LogP contribution in [0.25, 0.3) is 0 Å². The van der Waals surface area contributed by atoms with Gasteiger partial charge in [0.05, 0.1) is 0 Å². The number of benzene rings is 2. The van der Waals surface area contributed by atoms with Crippen molar-refractivity contribution >= 4 is 31.3 Å². The van der Waals surface area contributed by atoms with E-state index in [-0.39, 0.29) is 19.1 Å². The van der Waals surface area contributed by atoms with E-state index in [1.807, 2.05) is 0 Å². The summed E-state index contributed by atoms with van der Waals surface area (Å²) in [6, 6.07) is 4.27. The molecule has 0 saturated carbocycles. The molecule has 24 heavy (non-hydrogen) atoms. The van der Waals surface area contributed by atoms with Crippen molar-refractivity contribution in [2.24, 2.45) is 9.98 Å². The molecule has 2 aromatic rings. The Morgan fingerprint density at radius 3 is 1.33 bits per heavy atom. The molecule has 2 rings (SSSR count). The molecule has 118 valence electrons. The summed E-state index contributed by atoms with van der Waals surface area (Å²) in [5, 5.41) is 0. The summed E-state index contributed by atoms with van der Waals surface area (Å²) in [7, 11) is 0. The molecule has 0 aliphatic carbocycles. The molecule has 4 nitrogen and oxygen atoms in total. The monoisotopic (exact) mass is 404 g/mol. The predicted molar refractivity (Wildman–Crippen MR) is 67.5 cm³/mol. The van der Waals surface area contributed by atoms with Crippen LogP contribution in [0.5, 0.6) is 0 Å². The summed E-state index contributed by atoms with van der Waals surface area (Å²) >= 11 is 2.54. The van der Waals surface area contributed by atoms with Crippen molar-refractivity contribution in [2.45, 2.75) is 0 Å². The fourth-order valence-electron chi connectivity index (χ4n) is 1.35. The number of halogens is 4. The molecular weight excluding hydrogens is 400 g/mol. The van der Waals surface area contributed by atoms with Gasteiger partial charge in [-0.1, -0.05) is 0 Å². The molecule has 0 spiro atoms. The van der Waals surface area contributed by atoms with E-state index in [1.165, 1.54) is 53.0 Å². The number of isocyanates is 2. The second-order valence-electron chi connectivity index (χ2n) is 3.92. The molecule has 0 aliphatic heterocycles. The summed E-state index contributed by atoms with van der Waals surface area (Å²) in [5.74, 6) is -2.95. The van der Waals surface area contributed by atoms with Crippen molar-refractivity contribution < 1.29 is 68.0 Å². The summed E-state index contributed by atoms with van der Waals surface area (Å²) in [6.45, 7) is 0. The maximum atomic E-state index is 12.9. The molecule has 0 unspecified atom stereocenters. The first-order valence-corrected chi connectivity index (χ1v) is 7.44. The number of nitrogens with zero attached hydrogens (tertiary/aromatic N) is 2. The zero-order valence-corrected chi connectivity index (χ0v) is 14.7. The molecule has 0 bridgehead atoms. The Morgan fingerprint density at radius 1 is 0.708 bits per heavy atom. The molecule has 0 aromatic heterocycles. The first kappa shape index (κ1) is 20.4. The average Bonchev–Trinajstić information content (AvgIpc) is 2.57. The SMILES string of the molecule is O=C=Nc1ccc(F)[c]([Ti])c1F.O=C=Nc1ccc(F)[c]([Ti])c1F. The van der Waals surface area contributed by atoms with E-state index in [0.29, 0.717) is 0 Å². The van der Waals surface area contributed by atoms with Crippen LogP contribution < -0.4 is 7.74 Å². The van der Waals surface area contributed by atoms with Crippen LogP contribution in [0, 0.1) is 23.3 Å². The van der Waals surface area contributed by atoms with E-state index in [4.69, 9.17) is 0 Å². The summed E-state index contributed by atoms with van der Waals surface area (Å²) < 4.78 is 50.8. The second-order valence-corrected chi connectivity index (χ2v) is 5.48. The Hall–Kier alpha value is -1.65. The van der Waals surface area contributed by atoms with E-state index in [9.17, 15) is 27.2 Å². The topological polar surface area (TPSA) is 58.9 Å². The van der Waals surface area contributed by atoms with E-state index >= 15 is 0 Å². The maximum absolute atomic E-state index is 12.9. The van der Waals surface area contributed by atoms with Crippen LogP contribution in [-0.2, 0) is 50.5 Å². The Kier molecular flexibility index (Phi) is 8.16. The van der Waals surface area contributed by atoms with Gasteiger partial charge >= 0.3 is 157 Å². The fourth-order valence-corrected chi connectivity index (χ4v) is 2.01. The van der Waals surface area contributed by atoms with Gasteiger partial charge in [0.25, 0.3) is 0 Å². The van der Waals surface area contributed by atoms with Gasteiger partial charge in [0.2, 0.25) is 0 Å². The first-order valence-electron chi connectivity index (χ1n) is 5.88. The van der Waals surface area contributed by atoms with Crippen molar-refractivity contribution in [2.75, 3.05) is 0 Å². The second kappa shape index (κ2) is 9.60. The van der Waals surface area contributed by atoms with Gasteiger partial charge in [-0.05, 0) is 0 Å². The van der Waals surface area contributed by atoms with Crippen LogP contribution in [0.1, 0.15) is 0 Å². The van der Waals surface area contributed by atoms with Crippen molar-refractivity contribution in [1.29, 1.82) is 0 Å². The third kappa shape index (κ3) is 5.18. The zero-order valence-electron chi connectivity index (χ0n) is 11.5. The molecule has 0 amide bonds.